The number of esters is 1. The smallest absolute Gasteiger partial charge is 0.305 e. The SMILES string of the molecule is COC(=O)C[C@H](C)CCC=C(C)CCC=C(C)C. The lowest BCUT2D eigenvalue weighted by atomic mass is 10.00. The second kappa shape index (κ2) is 9.93. The van der Waals surface area contributed by atoms with Gasteiger partial charge in [0.2, 0.25) is 0 Å². The van der Waals surface area contributed by atoms with Gasteiger partial charge in [-0.2, -0.15) is 0 Å². The van der Waals surface area contributed by atoms with E-state index in [9.17, 15) is 4.79 Å². The Hall–Kier alpha value is -1.05. The summed E-state index contributed by atoms with van der Waals surface area (Å²) in [6, 6.07) is 0. The third kappa shape index (κ3) is 10.1. The van der Waals surface area contributed by atoms with Gasteiger partial charge in [-0.1, -0.05) is 30.2 Å². The monoisotopic (exact) mass is 252 g/mol. The molecule has 104 valence electrons. The van der Waals surface area contributed by atoms with Crippen molar-refractivity contribution in [2.75, 3.05) is 7.11 Å². The molecule has 0 heterocycles. The van der Waals surface area contributed by atoms with Gasteiger partial charge in [-0.3, -0.25) is 4.79 Å². The molecule has 2 nitrogen and oxygen atoms in total. The molecule has 0 aromatic carbocycles. The number of hydrogen-bond acceptors (Lipinski definition) is 2. The fourth-order valence-electron chi connectivity index (χ4n) is 1.77. The fraction of sp³-hybridized carbons (Fsp3) is 0.688. The Labute approximate surface area is 112 Å². The molecule has 0 aromatic rings. The topological polar surface area (TPSA) is 26.3 Å². The Bertz CT molecular complexity index is 296. The highest BCUT2D eigenvalue weighted by Gasteiger charge is 2.07. The predicted octanol–water partition coefficient (Wildman–Crippen LogP) is 4.66. The van der Waals surface area contributed by atoms with Crippen molar-refractivity contribution < 1.29 is 9.53 Å². The molecule has 0 radical (unpaired) electrons. The van der Waals surface area contributed by atoms with Gasteiger partial charge in [0.05, 0.1) is 7.11 Å². The first-order valence-electron chi connectivity index (χ1n) is 6.81. The molecule has 0 rings (SSSR count). The summed E-state index contributed by atoms with van der Waals surface area (Å²) in [4.78, 5) is 11.1. The number of allylic oxidation sites excluding steroid dienone is 4. The quantitative estimate of drug-likeness (QED) is 0.464. The average molecular weight is 252 g/mol. The number of methoxy groups -OCH3 is 1. The van der Waals surface area contributed by atoms with Gasteiger partial charge < -0.3 is 4.74 Å². The van der Waals surface area contributed by atoms with E-state index in [-0.39, 0.29) is 5.97 Å². The molecule has 0 saturated carbocycles. The van der Waals surface area contributed by atoms with Crippen LogP contribution in [0.5, 0.6) is 0 Å². The highest BCUT2D eigenvalue weighted by Crippen LogP contribution is 2.14. The number of carbonyl (C=O) groups is 1. The molecule has 0 aliphatic rings. The van der Waals surface area contributed by atoms with Crippen LogP contribution in [0.25, 0.3) is 0 Å². The van der Waals surface area contributed by atoms with E-state index in [2.05, 4.69) is 44.6 Å². The number of carbonyl (C=O) groups excluding carboxylic acids is 1. The van der Waals surface area contributed by atoms with Gasteiger partial charge in [0, 0.05) is 6.42 Å². The Morgan fingerprint density at radius 2 is 1.83 bits per heavy atom. The lowest BCUT2D eigenvalue weighted by molar-refractivity contribution is -0.141. The largest absolute Gasteiger partial charge is 0.469 e. The van der Waals surface area contributed by atoms with Crippen molar-refractivity contribution in [3.05, 3.63) is 23.3 Å². The number of rotatable bonds is 8. The van der Waals surface area contributed by atoms with Gasteiger partial charge in [0.15, 0.2) is 0 Å². The molecule has 0 aliphatic carbocycles. The summed E-state index contributed by atoms with van der Waals surface area (Å²) in [6.07, 6.45) is 9.47. The summed E-state index contributed by atoms with van der Waals surface area (Å²) < 4.78 is 4.66. The maximum absolute atomic E-state index is 11.1. The molecule has 0 N–H and O–H groups in total. The van der Waals surface area contributed by atoms with E-state index >= 15 is 0 Å². The lowest BCUT2D eigenvalue weighted by Gasteiger charge is -2.08. The van der Waals surface area contributed by atoms with E-state index in [1.54, 1.807) is 0 Å². The summed E-state index contributed by atoms with van der Waals surface area (Å²) in [5.74, 6) is 0.297. The van der Waals surface area contributed by atoms with Crippen molar-refractivity contribution in [3.8, 4) is 0 Å². The van der Waals surface area contributed by atoms with Crippen LogP contribution in [-0.4, -0.2) is 13.1 Å². The van der Waals surface area contributed by atoms with E-state index in [1.807, 2.05) is 0 Å². The van der Waals surface area contributed by atoms with Crippen LogP contribution in [0.1, 0.15) is 59.8 Å². The van der Waals surface area contributed by atoms with Gasteiger partial charge >= 0.3 is 5.97 Å². The van der Waals surface area contributed by atoms with Crippen molar-refractivity contribution in [2.24, 2.45) is 5.92 Å². The molecular weight excluding hydrogens is 224 g/mol. The molecule has 0 aliphatic heterocycles. The van der Waals surface area contributed by atoms with Crippen LogP contribution >= 0.6 is 0 Å². The molecule has 0 unspecified atom stereocenters. The third-order valence-electron chi connectivity index (χ3n) is 2.99. The Balaban J connectivity index is 3.79. The van der Waals surface area contributed by atoms with Crippen LogP contribution in [-0.2, 0) is 9.53 Å². The lowest BCUT2D eigenvalue weighted by Crippen LogP contribution is -2.06. The molecule has 0 bridgehead atoms. The summed E-state index contributed by atoms with van der Waals surface area (Å²) in [5.41, 5.74) is 2.83. The fourth-order valence-corrected chi connectivity index (χ4v) is 1.77. The van der Waals surface area contributed by atoms with Gasteiger partial charge in [-0.15, -0.1) is 0 Å². The van der Waals surface area contributed by atoms with Gasteiger partial charge in [0.1, 0.15) is 0 Å². The van der Waals surface area contributed by atoms with E-state index in [4.69, 9.17) is 0 Å². The van der Waals surface area contributed by atoms with Crippen molar-refractivity contribution in [2.45, 2.75) is 59.8 Å². The first kappa shape index (κ1) is 16.9. The molecule has 0 aromatic heterocycles. The summed E-state index contributed by atoms with van der Waals surface area (Å²) in [5, 5.41) is 0. The molecule has 0 saturated heterocycles. The molecule has 1 atom stereocenters. The predicted molar refractivity (Wildman–Crippen MR) is 77.5 cm³/mol. The average Bonchev–Trinajstić information content (AvgIpc) is 2.28. The normalized spacial score (nSPS) is 13.1. The van der Waals surface area contributed by atoms with Gasteiger partial charge in [0.25, 0.3) is 0 Å². The maximum Gasteiger partial charge on any atom is 0.305 e. The van der Waals surface area contributed by atoms with E-state index in [0.717, 1.165) is 25.7 Å². The van der Waals surface area contributed by atoms with Crippen LogP contribution in [0.3, 0.4) is 0 Å². The van der Waals surface area contributed by atoms with Crippen molar-refractivity contribution >= 4 is 5.97 Å². The minimum atomic E-state index is -0.105. The highest BCUT2D eigenvalue weighted by molar-refractivity contribution is 5.69. The summed E-state index contributed by atoms with van der Waals surface area (Å²) in [6.45, 7) is 8.55. The zero-order valence-corrected chi connectivity index (χ0v) is 12.6. The van der Waals surface area contributed by atoms with Gasteiger partial charge in [-0.05, 0) is 52.4 Å². The van der Waals surface area contributed by atoms with Crippen LogP contribution in [0.15, 0.2) is 23.3 Å². The number of hydrogen-bond donors (Lipinski definition) is 0. The molecule has 2 heteroatoms. The van der Waals surface area contributed by atoms with Crippen LogP contribution in [0, 0.1) is 5.92 Å². The summed E-state index contributed by atoms with van der Waals surface area (Å²) >= 11 is 0. The zero-order valence-electron chi connectivity index (χ0n) is 12.6. The highest BCUT2D eigenvalue weighted by atomic mass is 16.5. The molecule has 0 spiro atoms. The van der Waals surface area contributed by atoms with Gasteiger partial charge in [-0.25, -0.2) is 0 Å². The van der Waals surface area contributed by atoms with Crippen LogP contribution in [0.2, 0.25) is 0 Å². The molecule has 0 amide bonds. The van der Waals surface area contributed by atoms with Crippen molar-refractivity contribution in [1.29, 1.82) is 0 Å². The third-order valence-corrected chi connectivity index (χ3v) is 2.99. The summed E-state index contributed by atoms with van der Waals surface area (Å²) in [7, 11) is 1.45. The van der Waals surface area contributed by atoms with Crippen molar-refractivity contribution in [3.63, 3.8) is 0 Å². The zero-order chi connectivity index (χ0) is 14.0. The first-order valence-corrected chi connectivity index (χ1v) is 6.81. The van der Waals surface area contributed by atoms with Crippen LogP contribution < -0.4 is 0 Å². The van der Waals surface area contributed by atoms with E-state index in [1.165, 1.54) is 18.3 Å². The Kier molecular flexibility index (Phi) is 9.35. The second-order valence-electron chi connectivity index (χ2n) is 5.33. The Morgan fingerprint density at radius 1 is 1.17 bits per heavy atom. The van der Waals surface area contributed by atoms with E-state index < -0.39 is 0 Å². The van der Waals surface area contributed by atoms with E-state index in [0.29, 0.717) is 12.3 Å². The maximum atomic E-state index is 11.1. The minimum absolute atomic E-state index is 0.105. The van der Waals surface area contributed by atoms with Crippen molar-refractivity contribution in [1.82, 2.24) is 0 Å². The first-order chi connectivity index (χ1) is 8.45. The minimum Gasteiger partial charge on any atom is -0.469 e. The van der Waals surface area contributed by atoms with Crippen LogP contribution in [0.4, 0.5) is 0 Å². The standard InChI is InChI=1S/C16H28O2/c1-13(2)8-6-9-14(3)10-7-11-15(4)12-16(17)18-5/h8,10,15H,6-7,9,11-12H2,1-5H3/t15-/m1/s1. The molecular formula is C16H28O2. The molecule has 0 fully saturated rings. The number of ether oxygens (including phenoxy) is 1. The molecule has 18 heavy (non-hydrogen) atoms. The second-order valence-corrected chi connectivity index (χ2v) is 5.33. The Morgan fingerprint density at radius 3 is 2.39 bits per heavy atom.